The summed E-state index contributed by atoms with van der Waals surface area (Å²) in [5.41, 5.74) is 1.24. The van der Waals surface area contributed by atoms with Gasteiger partial charge in [0.1, 0.15) is 18.5 Å². The van der Waals surface area contributed by atoms with Gasteiger partial charge < -0.3 is 5.32 Å². The van der Waals surface area contributed by atoms with Crippen molar-refractivity contribution in [1.29, 1.82) is 0 Å². The van der Waals surface area contributed by atoms with E-state index in [0.29, 0.717) is 22.9 Å². The highest BCUT2D eigenvalue weighted by molar-refractivity contribution is 5.97. The number of rotatable bonds is 4. The summed E-state index contributed by atoms with van der Waals surface area (Å²) in [6.07, 6.45) is 3.10. The zero-order valence-corrected chi connectivity index (χ0v) is 12.2. The first-order valence-corrected chi connectivity index (χ1v) is 6.79. The fraction of sp³-hybridized carbons (Fsp3) is 0.214. The molecule has 0 aliphatic rings. The van der Waals surface area contributed by atoms with Crippen LogP contribution < -0.4 is 5.32 Å². The number of aryl methyl sites for hydroxylation is 1. The van der Waals surface area contributed by atoms with Gasteiger partial charge in [0, 0.05) is 0 Å². The highest BCUT2D eigenvalue weighted by Crippen LogP contribution is 2.15. The van der Waals surface area contributed by atoms with Gasteiger partial charge in [0.2, 0.25) is 0 Å². The topological polar surface area (TPSA) is 101 Å². The van der Waals surface area contributed by atoms with Crippen molar-refractivity contribution in [2.45, 2.75) is 19.9 Å². The van der Waals surface area contributed by atoms with E-state index in [4.69, 9.17) is 0 Å². The van der Waals surface area contributed by atoms with Crippen molar-refractivity contribution in [3.63, 3.8) is 0 Å². The molecule has 3 rings (SSSR count). The lowest BCUT2D eigenvalue weighted by molar-refractivity contribution is 0.0938. The van der Waals surface area contributed by atoms with Crippen LogP contribution in [0.25, 0.3) is 5.69 Å². The van der Waals surface area contributed by atoms with Gasteiger partial charge in [0.15, 0.2) is 5.82 Å². The number of hydrogen-bond donors (Lipinski definition) is 2. The van der Waals surface area contributed by atoms with Crippen molar-refractivity contribution in [2.75, 3.05) is 0 Å². The molecule has 22 heavy (non-hydrogen) atoms. The molecule has 1 aromatic carbocycles. The van der Waals surface area contributed by atoms with E-state index in [0.717, 1.165) is 0 Å². The van der Waals surface area contributed by atoms with Crippen molar-refractivity contribution < 1.29 is 4.79 Å². The molecule has 8 heteroatoms. The maximum Gasteiger partial charge on any atom is 0.253 e. The van der Waals surface area contributed by atoms with Crippen LogP contribution in [0.4, 0.5) is 0 Å². The van der Waals surface area contributed by atoms with E-state index in [-0.39, 0.29) is 11.9 Å². The number of hydrogen-bond acceptors (Lipinski definition) is 5. The van der Waals surface area contributed by atoms with Crippen LogP contribution >= 0.6 is 0 Å². The van der Waals surface area contributed by atoms with Crippen LogP contribution in [0, 0.1) is 6.92 Å². The highest BCUT2D eigenvalue weighted by atomic mass is 16.1. The molecule has 0 spiro atoms. The first-order chi connectivity index (χ1) is 10.6. The summed E-state index contributed by atoms with van der Waals surface area (Å²) in [5, 5.41) is 17.2. The maximum absolute atomic E-state index is 12.5. The average molecular weight is 297 g/mol. The molecule has 0 fully saturated rings. The lowest BCUT2D eigenvalue weighted by Crippen LogP contribution is -2.28. The molecule has 8 nitrogen and oxygen atoms in total. The molecule has 2 heterocycles. The average Bonchev–Trinajstić information content (AvgIpc) is 3.18. The predicted molar refractivity (Wildman–Crippen MR) is 78.4 cm³/mol. The molecule has 0 unspecified atom stereocenters. The lowest BCUT2D eigenvalue weighted by atomic mass is 10.1. The number of para-hydroxylation sites is 1. The first kappa shape index (κ1) is 13.9. The maximum atomic E-state index is 12.5. The normalized spacial score (nSPS) is 12.1. The van der Waals surface area contributed by atoms with E-state index in [9.17, 15) is 4.79 Å². The standard InChI is InChI=1S/C14H15N7O/c1-9(13-18-10(2)19-20-13)17-14(22)11-5-3-4-6-12(11)21-7-15-16-8-21/h3-9H,1-2H3,(H,17,22)(H,18,19,20)/t9-/m0/s1. The van der Waals surface area contributed by atoms with Gasteiger partial charge in [-0.2, -0.15) is 5.10 Å². The van der Waals surface area contributed by atoms with Crippen LogP contribution in [0.2, 0.25) is 0 Å². The highest BCUT2D eigenvalue weighted by Gasteiger charge is 2.17. The smallest absolute Gasteiger partial charge is 0.253 e. The van der Waals surface area contributed by atoms with E-state index < -0.39 is 0 Å². The van der Waals surface area contributed by atoms with Gasteiger partial charge in [-0.25, -0.2) is 4.98 Å². The van der Waals surface area contributed by atoms with Crippen LogP contribution in [0.3, 0.4) is 0 Å². The Kier molecular flexibility index (Phi) is 3.65. The second kappa shape index (κ2) is 5.76. The second-order valence-electron chi connectivity index (χ2n) is 4.86. The SMILES string of the molecule is Cc1nc([C@H](C)NC(=O)c2ccccc2-n2cnnc2)n[nH]1. The van der Waals surface area contributed by atoms with E-state index in [1.54, 1.807) is 23.3 Å². The third-order valence-corrected chi connectivity index (χ3v) is 3.20. The number of benzene rings is 1. The Morgan fingerprint density at radius 2 is 2.00 bits per heavy atom. The molecule has 0 saturated heterocycles. The molecule has 2 aromatic heterocycles. The van der Waals surface area contributed by atoms with Gasteiger partial charge >= 0.3 is 0 Å². The Bertz CT molecular complexity index is 778. The van der Waals surface area contributed by atoms with Crippen LogP contribution in [0.1, 0.15) is 35.0 Å². The van der Waals surface area contributed by atoms with E-state index in [1.165, 1.54) is 0 Å². The fourth-order valence-electron chi connectivity index (χ4n) is 2.11. The van der Waals surface area contributed by atoms with Gasteiger partial charge in [-0.05, 0) is 26.0 Å². The molecular formula is C14H15N7O. The summed E-state index contributed by atoms with van der Waals surface area (Å²) < 4.78 is 1.69. The molecule has 0 saturated carbocycles. The van der Waals surface area contributed by atoms with Gasteiger partial charge in [-0.3, -0.25) is 14.5 Å². The molecular weight excluding hydrogens is 282 g/mol. The number of nitrogens with zero attached hydrogens (tertiary/aromatic N) is 5. The van der Waals surface area contributed by atoms with E-state index >= 15 is 0 Å². The van der Waals surface area contributed by atoms with Gasteiger partial charge in [-0.15, -0.1) is 10.2 Å². The number of aromatic amines is 1. The monoisotopic (exact) mass is 297 g/mol. The summed E-state index contributed by atoms with van der Waals surface area (Å²) in [6, 6.07) is 6.95. The zero-order valence-electron chi connectivity index (χ0n) is 12.2. The number of nitrogens with one attached hydrogen (secondary N) is 2. The predicted octanol–water partition coefficient (Wildman–Crippen LogP) is 1.18. The third kappa shape index (κ3) is 2.71. The Hall–Kier alpha value is -3.03. The molecule has 0 aliphatic heterocycles. The van der Waals surface area contributed by atoms with Crippen molar-refractivity contribution in [2.24, 2.45) is 0 Å². The molecule has 3 aromatic rings. The summed E-state index contributed by atoms with van der Waals surface area (Å²) in [7, 11) is 0. The van der Waals surface area contributed by atoms with Crippen LogP contribution in [-0.2, 0) is 0 Å². The molecule has 112 valence electrons. The van der Waals surface area contributed by atoms with Crippen LogP contribution in [0.15, 0.2) is 36.9 Å². The van der Waals surface area contributed by atoms with Gasteiger partial charge in [-0.1, -0.05) is 12.1 Å². The Balaban J connectivity index is 1.84. The number of carbonyl (C=O) groups is 1. The summed E-state index contributed by atoms with van der Waals surface area (Å²) in [6.45, 7) is 3.65. The number of aromatic nitrogens is 6. The molecule has 1 amide bonds. The number of H-pyrrole nitrogens is 1. The first-order valence-electron chi connectivity index (χ1n) is 6.79. The summed E-state index contributed by atoms with van der Waals surface area (Å²) in [4.78, 5) is 16.7. The fourth-order valence-corrected chi connectivity index (χ4v) is 2.11. The van der Waals surface area contributed by atoms with Gasteiger partial charge in [0.05, 0.1) is 17.3 Å². The quantitative estimate of drug-likeness (QED) is 0.753. The molecule has 0 aliphatic carbocycles. The number of amides is 1. The van der Waals surface area contributed by atoms with Crippen molar-refractivity contribution in [1.82, 2.24) is 35.3 Å². The largest absolute Gasteiger partial charge is 0.342 e. The lowest BCUT2D eigenvalue weighted by Gasteiger charge is -2.13. The third-order valence-electron chi connectivity index (χ3n) is 3.20. The summed E-state index contributed by atoms with van der Waals surface area (Å²) >= 11 is 0. The van der Waals surface area contributed by atoms with E-state index in [1.807, 2.05) is 32.0 Å². The van der Waals surface area contributed by atoms with E-state index in [2.05, 4.69) is 30.7 Å². The van der Waals surface area contributed by atoms with Crippen LogP contribution in [-0.4, -0.2) is 35.9 Å². The number of carbonyl (C=O) groups excluding carboxylic acids is 1. The van der Waals surface area contributed by atoms with Crippen molar-refractivity contribution in [3.05, 3.63) is 54.1 Å². The molecule has 0 radical (unpaired) electrons. The molecule has 1 atom stereocenters. The zero-order chi connectivity index (χ0) is 15.5. The minimum absolute atomic E-state index is 0.209. The minimum Gasteiger partial charge on any atom is -0.342 e. The second-order valence-corrected chi connectivity index (χ2v) is 4.86. The van der Waals surface area contributed by atoms with Crippen molar-refractivity contribution >= 4 is 5.91 Å². The minimum atomic E-state index is -0.300. The van der Waals surface area contributed by atoms with Crippen molar-refractivity contribution in [3.8, 4) is 5.69 Å². The Labute approximate surface area is 126 Å². The molecule has 0 bridgehead atoms. The Morgan fingerprint density at radius 1 is 1.27 bits per heavy atom. The van der Waals surface area contributed by atoms with Gasteiger partial charge in [0.25, 0.3) is 5.91 Å². The Morgan fingerprint density at radius 3 is 2.68 bits per heavy atom. The summed E-state index contributed by atoms with van der Waals surface area (Å²) in [5.74, 6) is 1.05. The van der Waals surface area contributed by atoms with Crippen LogP contribution in [0.5, 0.6) is 0 Å². The molecule has 2 N–H and O–H groups in total.